The second-order valence-corrected chi connectivity index (χ2v) is 12.2. The summed E-state index contributed by atoms with van der Waals surface area (Å²) >= 11 is 0. The molecule has 0 radical (unpaired) electrons. The molecule has 3 aliphatic heterocycles. The molecule has 43 heavy (non-hydrogen) atoms. The molecule has 2 aromatic heterocycles. The molecule has 10 heteroatoms. The summed E-state index contributed by atoms with van der Waals surface area (Å²) in [7, 11) is 1.86. The minimum Gasteiger partial charge on any atom is -0.379 e. The van der Waals surface area contributed by atoms with Crippen molar-refractivity contribution in [2.75, 3.05) is 24.7 Å². The monoisotopic (exact) mass is 575 g/mol. The van der Waals surface area contributed by atoms with Crippen LogP contribution >= 0.6 is 0 Å². The van der Waals surface area contributed by atoms with Crippen molar-refractivity contribution in [2.45, 2.75) is 44.3 Å². The number of anilines is 1. The van der Waals surface area contributed by atoms with E-state index in [1.165, 1.54) is 0 Å². The lowest BCUT2D eigenvalue weighted by Crippen LogP contribution is -2.32. The molecule has 1 amide bonds. The number of ether oxygens (including phenoxy) is 1. The van der Waals surface area contributed by atoms with Gasteiger partial charge in [0.25, 0.3) is 5.91 Å². The molecule has 5 heterocycles. The molecule has 8 rings (SSSR count). The quantitative estimate of drug-likeness (QED) is 0.325. The molecule has 0 bridgehead atoms. The van der Waals surface area contributed by atoms with Crippen LogP contribution in [-0.4, -0.2) is 56.4 Å². The zero-order valence-electron chi connectivity index (χ0n) is 23.8. The van der Waals surface area contributed by atoms with Gasteiger partial charge in [0.05, 0.1) is 31.4 Å². The standard InChI is InChI=1S/C33H30FN7O2/c1-39-18-36-38-32(39)25-8-19(13-35)2-5-24(25)23-11-29(21-3-4-21)37-31(12-23)41-15-27-26(33(41)42)9-20(10-28(27)34)14-40-7-6-22-16-43-17-30(22)40/h2,5,8-12,18,21-22,30H,3-4,6-7,14-17H2,1H3. The number of pyridine rings is 1. The Morgan fingerprint density at radius 1 is 1.07 bits per heavy atom. The van der Waals surface area contributed by atoms with Gasteiger partial charge in [0.1, 0.15) is 18.0 Å². The number of aryl methyl sites for hydroxylation is 1. The first-order valence-corrected chi connectivity index (χ1v) is 14.8. The average Bonchev–Trinajstić information content (AvgIpc) is 3.26. The van der Waals surface area contributed by atoms with Crippen molar-refractivity contribution in [3.05, 3.63) is 82.6 Å². The number of benzene rings is 2. The molecule has 216 valence electrons. The van der Waals surface area contributed by atoms with Crippen molar-refractivity contribution >= 4 is 11.7 Å². The van der Waals surface area contributed by atoms with Gasteiger partial charge in [-0.1, -0.05) is 6.07 Å². The number of hydrogen-bond acceptors (Lipinski definition) is 7. The molecule has 4 aliphatic rings. The Labute approximate surface area is 248 Å². The number of nitriles is 1. The van der Waals surface area contributed by atoms with Crippen LogP contribution < -0.4 is 4.90 Å². The smallest absolute Gasteiger partial charge is 0.260 e. The second-order valence-electron chi connectivity index (χ2n) is 12.2. The molecule has 4 aromatic rings. The van der Waals surface area contributed by atoms with E-state index in [0.29, 0.717) is 59.4 Å². The molecule has 0 spiro atoms. The van der Waals surface area contributed by atoms with Gasteiger partial charge in [-0.05, 0) is 78.9 Å². The first-order chi connectivity index (χ1) is 21.0. The van der Waals surface area contributed by atoms with E-state index in [-0.39, 0.29) is 18.3 Å². The fourth-order valence-electron chi connectivity index (χ4n) is 6.89. The summed E-state index contributed by atoms with van der Waals surface area (Å²) in [4.78, 5) is 22.8. The molecule has 2 aromatic carbocycles. The Balaban J connectivity index is 1.16. The predicted molar refractivity (Wildman–Crippen MR) is 156 cm³/mol. The van der Waals surface area contributed by atoms with Crippen LogP contribution in [0.3, 0.4) is 0 Å². The number of carbonyl (C=O) groups is 1. The summed E-state index contributed by atoms with van der Waals surface area (Å²) in [6.45, 7) is 3.21. The zero-order chi connectivity index (χ0) is 29.2. The number of fused-ring (bicyclic) bond motifs is 2. The summed E-state index contributed by atoms with van der Waals surface area (Å²) in [6, 6.07) is 15.5. The molecular weight excluding hydrogens is 545 g/mol. The molecule has 2 unspecified atom stereocenters. The highest BCUT2D eigenvalue weighted by molar-refractivity contribution is 6.10. The van der Waals surface area contributed by atoms with E-state index in [9.17, 15) is 10.1 Å². The molecule has 0 N–H and O–H groups in total. The van der Waals surface area contributed by atoms with Gasteiger partial charge in [0.2, 0.25) is 0 Å². The third kappa shape index (κ3) is 4.51. The van der Waals surface area contributed by atoms with Gasteiger partial charge in [0, 0.05) is 53.9 Å². The Morgan fingerprint density at radius 2 is 1.95 bits per heavy atom. The fourth-order valence-corrected chi connectivity index (χ4v) is 6.89. The molecule has 3 fully saturated rings. The maximum absolute atomic E-state index is 15.6. The maximum atomic E-state index is 15.6. The minimum absolute atomic E-state index is 0.132. The lowest BCUT2D eigenvalue weighted by molar-refractivity contribution is 0.0995. The van der Waals surface area contributed by atoms with Crippen molar-refractivity contribution in [1.82, 2.24) is 24.6 Å². The minimum atomic E-state index is -0.350. The van der Waals surface area contributed by atoms with Gasteiger partial charge in [-0.25, -0.2) is 9.37 Å². The maximum Gasteiger partial charge on any atom is 0.260 e. The Morgan fingerprint density at radius 3 is 2.74 bits per heavy atom. The molecule has 9 nitrogen and oxygen atoms in total. The number of aromatic nitrogens is 4. The Hall–Kier alpha value is -4.46. The third-order valence-electron chi connectivity index (χ3n) is 9.37. The van der Waals surface area contributed by atoms with Crippen LogP contribution in [0.4, 0.5) is 10.2 Å². The normalized spacial score (nSPS) is 21.3. The number of hydrogen-bond donors (Lipinski definition) is 0. The zero-order valence-corrected chi connectivity index (χ0v) is 23.8. The fraction of sp³-hybridized carbons (Fsp3) is 0.364. The van der Waals surface area contributed by atoms with E-state index < -0.39 is 0 Å². The second kappa shape index (κ2) is 10.1. The highest BCUT2D eigenvalue weighted by Gasteiger charge is 2.39. The number of rotatable bonds is 6. The van der Waals surface area contributed by atoms with Crippen molar-refractivity contribution in [3.8, 4) is 28.6 Å². The van der Waals surface area contributed by atoms with Crippen LogP contribution in [0.25, 0.3) is 22.5 Å². The van der Waals surface area contributed by atoms with Crippen molar-refractivity contribution < 1.29 is 13.9 Å². The van der Waals surface area contributed by atoms with E-state index in [1.54, 1.807) is 23.4 Å². The van der Waals surface area contributed by atoms with Gasteiger partial charge in [-0.2, -0.15) is 5.26 Å². The first-order valence-electron chi connectivity index (χ1n) is 14.8. The van der Waals surface area contributed by atoms with Gasteiger partial charge >= 0.3 is 0 Å². The number of carbonyl (C=O) groups excluding carboxylic acids is 1. The summed E-state index contributed by atoms with van der Waals surface area (Å²) < 4.78 is 23.0. The largest absolute Gasteiger partial charge is 0.379 e. The van der Waals surface area contributed by atoms with E-state index in [4.69, 9.17) is 9.72 Å². The summed E-state index contributed by atoms with van der Waals surface area (Å²) in [6.07, 6.45) is 4.79. The van der Waals surface area contributed by atoms with E-state index in [2.05, 4.69) is 27.2 Å². The molecule has 2 saturated heterocycles. The van der Waals surface area contributed by atoms with E-state index in [0.717, 1.165) is 60.4 Å². The Bertz CT molecular complexity index is 1820. The molecule has 1 saturated carbocycles. The van der Waals surface area contributed by atoms with Crippen molar-refractivity contribution in [2.24, 2.45) is 13.0 Å². The van der Waals surface area contributed by atoms with Crippen molar-refractivity contribution in [3.63, 3.8) is 0 Å². The summed E-state index contributed by atoms with van der Waals surface area (Å²) in [5.41, 5.74) is 5.54. The van der Waals surface area contributed by atoms with Crippen molar-refractivity contribution in [1.29, 1.82) is 5.26 Å². The summed E-state index contributed by atoms with van der Waals surface area (Å²) in [5, 5.41) is 17.9. The number of halogens is 1. The third-order valence-corrected chi connectivity index (χ3v) is 9.37. The van der Waals surface area contributed by atoms with Gasteiger partial charge in [0.15, 0.2) is 5.82 Å². The van der Waals surface area contributed by atoms with E-state index >= 15 is 4.39 Å². The van der Waals surface area contributed by atoms with Gasteiger partial charge < -0.3 is 9.30 Å². The highest BCUT2D eigenvalue weighted by atomic mass is 19.1. The number of amides is 1. The molecular formula is C33H30FN7O2. The van der Waals surface area contributed by atoms with Crippen LogP contribution in [-0.2, 0) is 24.9 Å². The highest BCUT2D eigenvalue weighted by Crippen LogP contribution is 2.43. The van der Waals surface area contributed by atoms with Crippen LogP contribution in [0.15, 0.2) is 48.8 Å². The molecule has 1 aliphatic carbocycles. The average molecular weight is 576 g/mol. The SMILES string of the molecule is Cn1cnnc1-c1cc(C#N)ccc1-c1cc(C2CC2)nc(N2Cc3c(F)cc(CN4CCC5COCC54)cc3C2=O)c1. The summed E-state index contributed by atoms with van der Waals surface area (Å²) in [5.74, 6) is 1.41. The van der Waals surface area contributed by atoms with Crippen LogP contribution in [0.1, 0.15) is 57.9 Å². The molecule has 2 atom stereocenters. The first kappa shape index (κ1) is 26.2. The van der Waals surface area contributed by atoms with Crippen LogP contribution in [0.2, 0.25) is 0 Å². The van der Waals surface area contributed by atoms with Gasteiger partial charge in [-0.3, -0.25) is 14.6 Å². The lowest BCUT2D eigenvalue weighted by atomic mass is 9.96. The topological polar surface area (TPSA) is 100 Å². The number of likely N-dealkylation sites (tertiary alicyclic amines) is 1. The van der Waals surface area contributed by atoms with E-state index in [1.807, 2.05) is 35.9 Å². The lowest BCUT2D eigenvalue weighted by Gasteiger charge is -2.22. The van der Waals surface area contributed by atoms with Crippen LogP contribution in [0, 0.1) is 23.1 Å². The predicted octanol–water partition coefficient (Wildman–Crippen LogP) is 4.81. The van der Waals surface area contributed by atoms with Gasteiger partial charge in [-0.15, -0.1) is 10.2 Å². The Kier molecular flexibility index (Phi) is 6.13. The number of nitrogens with zero attached hydrogens (tertiary/aromatic N) is 7. The van der Waals surface area contributed by atoms with Crippen LogP contribution in [0.5, 0.6) is 0 Å².